The molecule has 0 atom stereocenters. The van der Waals surface area contributed by atoms with Crippen molar-refractivity contribution >= 4 is 33.3 Å². The van der Waals surface area contributed by atoms with Crippen LogP contribution in [0.5, 0.6) is 0 Å². The number of nitrogens with one attached hydrogen (secondary N) is 2. The first-order valence-electron chi connectivity index (χ1n) is 11.3. The van der Waals surface area contributed by atoms with Gasteiger partial charge in [0.2, 0.25) is 0 Å². The minimum atomic E-state index is 0.710. The second-order valence-electron chi connectivity index (χ2n) is 8.94. The summed E-state index contributed by atoms with van der Waals surface area (Å²) in [6, 6.07) is 4.12. The van der Waals surface area contributed by atoms with Gasteiger partial charge in [0.25, 0.3) is 0 Å². The molecule has 1 aliphatic heterocycles. The van der Waals surface area contributed by atoms with Crippen molar-refractivity contribution in [3.8, 4) is 22.8 Å². The van der Waals surface area contributed by atoms with E-state index in [1.807, 2.05) is 56.0 Å². The van der Waals surface area contributed by atoms with Crippen LogP contribution in [0, 0.1) is 0 Å². The Morgan fingerprint density at radius 3 is 2.56 bits per heavy atom. The van der Waals surface area contributed by atoms with Gasteiger partial charge in [-0.3, -0.25) is 20.1 Å². The summed E-state index contributed by atoms with van der Waals surface area (Å²) in [6.07, 6.45) is 9.21. The molecule has 10 nitrogen and oxygen atoms in total. The number of piperazine rings is 1. The average Bonchev–Trinajstić information content (AvgIpc) is 3.48. The molecule has 0 unspecified atom stereocenters. The van der Waals surface area contributed by atoms with Crippen LogP contribution in [0.15, 0.2) is 43.1 Å². The molecule has 0 bridgehead atoms. The summed E-state index contributed by atoms with van der Waals surface area (Å²) in [6.45, 7) is 3.97. The van der Waals surface area contributed by atoms with E-state index < -0.39 is 0 Å². The van der Waals surface area contributed by atoms with Crippen molar-refractivity contribution in [2.45, 2.75) is 0 Å². The number of hydrogen-bond donors (Lipinski definition) is 2. The molecule has 6 rings (SSSR count). The molecule has 34 heavy (non-hydrogen) atoms. The van der Waals surface area contributed by atoms with Gasteiger partial charge in [0.1, 0.15) is 11.2 Å². The standard InChI is InChI=1S/C24H26N10/c1-32(2)16-8-15(10-25-11-16)18-9-17-19(13-27-18)30-31-22(17)24-28-20-12-26-14-21(23(20)29-24)34-6-4-33(3)5-7-34/h8-14H,4-7H2,1-3H3,(H,28,29)(H,30,31). The molecule has 172 valence electrons. The Morgan fingerprint density at radius 2 is 1.74 bits per heavy atom. The fourth-order valence-corrected chi connectivity index (χ4v) is 4.38. The zero-order valence-corrected chi connectivity index (χ0v) is 19.4. The van der Waals surface area contributed by atoms with Crippen molar-refractivity contribution in [2.24, 2.45) is 0 Å². The minimum absolute atomic E-state index is 0.710. The Labute approximate surface area is 196 Å². The van der Waals surface area contributed by atoms with Gasteiger partial charge in [0.15, 0.2) is 5.82 Å². The van der Waals surface area contributed by atoms with E-state index in [2.05, 4.69) is 53.0 Å². The first kappa shape index (κ1) is 20.5. The van der Waals surface area contributed by atoms with Gasteiger partial charge in [-0.05, 0) is 19.2 Å². The summed E-state index contributed by atoms with van der Waals surface area (Å²) >= 11 is 0. The molecule has 0 saturated carbocycles. The molecule has 0 aromatic carbocycles. The van der Waals surface area contributed by atoms with Crippen LogP contribution in [0.25, 0.3) is 44.7 Å². The van der Waals surface area contributed by atoms with E-state index in [0.717, 1.165) is 76.4 Å². The van der Waals surface area contributed by atoms with E-state index in [4.69, 9.17) is 4.98 Å². The number of anilines is 2. The highest BCUT2D eigenvalue weighted by Gasteiger charge is 2.20. The SMILES string of the molecule is CN1CCN(c2cncc3[nH]c(-c4n[nH]c5cnc(-c6cncc(N(C)C)c6)cc45)nc23)CC1. The van der Waals surface area contributed by atoms with Crippen molar-refractivity contribution < 1.29 is 0 Å². The van der Waals surface area contributed by atoms with Crippen LogP contribution in [0.4, 0.5) is 11.4 Å². The van der Waals surface area contributed by atoms with Crippen LogP contribution >= 0.6 is 0 Å². The highest BCUT2D eigenvalue weighted by atomic mass is 15.3. The Balaban J connectivity index is 1.42. The minimum Gasteiger partial charge on any atom is -0.376 e. The number of rotatable bonds is 4. The maximum absolute atomic E-state index is 4.97. The molecule has 5 aromatic rings. The van der Waals surface area contributed by atoms with Gasteiger partial charge in [-0.2, -0.15) is 5.10 Å². The number of likely N-dealkylation sites (N-methyl/N-ethyl adjacent to an activating group) is 1. The number of pyridine rings is 3. The Morgan fingerprint density at radius 1 is 0.912 bits per heavy atom. The predicted octanol–water partition coefficient (Wildman–Crippen LogP) is 2.78. The van der Waals surface area contributed by atoms with E-state index in [-0.39, 0.29) is 0 Å². The third-order valence-electron chi connectivity index (χ3n) is 6.43. The number of aromatic amines is 2. The summed E-state index contributed by atoms with van der Waals surface area (Å²) < 4.78 is 0. The number of aromatic nitrogens is 7. The van der Waals surface area contributed by atoms with Gasteiger partial charge < -0.3 is 19.7 Å². The predicted molar refractivity (Wildman–Crippen MR) is 134 cm³/mol. The normalized spacial score (nSPS) is 14.9. The highest BCUT2D eigenvalue weighted by molar-refractivity contribution is 5.96. The van der Waals surface area contributed by atoms with Crippen molar-refractivity contribution in [3.05, 3.63) is 43.1 Å². The molecular formula is C24H26N10. The van der Waals surface area contributed by atoms with Crippen molar-refractivity contribution in [3.63, 3.8) is 0 Å². The van der Waals surface area contributed by atoms with Gasteiger partial charge >= 0.3 is 0 Å². The van der Waals surface area contributed by atoms with E-state index in [1.165, 1.54) is 0 Å². The number of imidazole rings is 1. The lowest BCUT2D eigenvalue weighted by molar-refractivity contribution is 0.313. The maximum Gasteiger partial charge on any atom is 0.159 e. The molecule has 0 radical (unpaired) electrons. The molecule has 5 aromatic heterocycles. The molecule has 6 heterocycles. The summed E-state index contributed by atoms with van der Waals surface area (Å²) in [5, 5.41) is 8.62. The fourth-order valence-electron chi connectivity index (χ4n) is 4.38. The monoisotopic (exact) mass is 454 g/mol. The quantitative estimate of drug-likeness (QED) is 0.427. The molecule has 10 heteroatoms. The third kappa shape index (κ3) is 3.52. The molecule has 1 aliphatic rings. The summed E-state index contributed by atoms with van der Waals surface area (Å²) in [5.74, 6) is 0.710. The van der Waals surface area contributed by atoms with E-state index in [0.29, 0.717) is 5.82 Å². The lowest BCUT2D eigenvalue weighted by atomic mass is 10.1. The molecule has 0 amide bonds. The lowest BCUT2D eigenvalue weighted by Crippen LogP contribution is -2.44. The Bertz CT molecular complexity index is 1480. The van der Waals surface area contributed by atoms with Crippen molar-refractivity contribution in [1.29, 1.82) is 0 Å². The summed E-state index contributed by atoms with van der Waals surface area (Å²) in [4.78, 5) is 28.6. The van der Waals surface area contributed by atoms with Crippen LogP contribution < -0.4 is 9.80 Å². The van der Waals surface area contributed by atoms with Gasteiger partial charge in [-0.1, -0.05) is 0 Å². The molecule has 2 N–H and O–H groups in total. The Hall–Kier alpha value is -4.05. The topological polar surface area (TPSA) is 106 Å². The molecule has 0 aliphatic carbocycles. The summed E-state index contributed by atoms with van der Waals surface area (Å²) in [5.41, 5.74) is 7.30. The highest BCUT2D eigenvalue weighted by Crippen LogP contribution is 2.32. The number of nitrogens with zero attached hydrogens (tertiary/aromatic N) is 8. The summed E-state index contributed by atoms with van der Waals surface area (Å²) in [7, 11) is 6.15. The molecule has 1 fully saturated rings. The van der Waals surface area contributed by atoms with Gasteiger partial charge in [0, 0.05) is 57.4 Å². The van der Waals surface area contributed by atoms with E-state index >= 15 is 0 Å². The smallest absolute Gasteiger partial charge is 0.159 e. The van der Waals surface area contributed by atoms with Crippen LogP contribution in [0.1, 0.15) is 0 Å². The van der Waals surface area contributed by atoms with Gasteiger partial charge in [-0.25, -0.2) is 4.98 Å². The van der Waals surface area contributed by atoms with Gasteiger partial charge in [0.05, 0.1) is 52.9 Å². The molecular weight excluding hydrogens is 428 g/mol. The molecule has 1 saturated heterocycles. The lowest BCUT2D eigenvalue weighted by Gasteiger charge is -2.33. The van der Waals surface area contributed by atoms with Crippen LogP contribution in [0.3, 0.4) is 0 Å². The third-order valence-corrected chi connectivity index (χ3v) is 6.43. The Kier molecular flexibility index (Phi) is 4.88. The first-order valence-corrected chi connectivity index (χ1v) is 11.3. The van der Waals surface area contributed by atoms with Crippen LogP contribution in [-0.2, 0) is 0 Å². The zero-order valence-electron chi connectivity index (χ0n) is 19.4. The van der Waals surface area contributed by atoms with E-state index in [1.54, 1.807) is 0 Å². The fraction of sp³-hybridized carbons (Fsp3) is 0.292. The van der Waals surface area contributed by atoms with Gasteiger partial charge in [-0.15, -0.1) is 0 Å². The average molecular weight is 455 g/mol. The number of H-pyrrole nitrogens is 2. The van der Waals surface area contributed by atoms with Crippen LogP contribution in [-0.4, -0.2) is 87.3 Å². The number of hydrogen-bond acceptors (Lipinski definition) is 8. The molecule has 0 spiro atoms. The van der Waals surface area contributed by atoms with Crippen LogP contribution in [0.2, 0.25) is 0 Å². The van der Waals surface area contributed by atoms with Crippen molar-refractivity contribution in [2.75, 3.05) is 57.1 Å². The zero-order chi connectivity index (χ0) is 23.2. The maximum atomic E-state index is 4.97. The second-order valence-corrected chi connectivity index (χ2v) is 8.94. The second kappa shape index (κ2) is 8.07. The van der Waals surface area contributed by atoms with Crippen molar-refractivity contribution in [1.82, 2.24) is 40.0 Å². The van der Waals surface area contributed by atoms with E-state index in [9.17, 15) is 0 Å². The first-order chi connectivity index (χ1) is 16.6. The number of fused-ring (bicyclic) bond motifs is 2. The largest absolute Gasteiger partial charge is 0.376 e.